The van der Waals surface area contributed by atoms with Crippen LogP contribution < -0.4 is 4.74 Å². The lowest BCUT2D eigenvalue weighted by Crippen LogP contribution is -1.94. The van der Waals surface area contributed by atoms with Crippen LogP contribution in [0.2, 0.25) is 0 Å². The SMILES string of the molecule is CC[C@H](O)c1ccc(Oc2ccc(Br)cc2C)cc1. The molecule has 0 unspecified atom stereocenters. The highest BCUT2D eigenvalue weighted by Crippen LogP contribution is 2.28. The van der Waals surface area contributed by atoms with Crippen LogP contribution in [0.3, 0.4) is 0 Å². The minimum absolute atomic E-state index is 0.400. The summed E-state index contributed by atoms with van der Waals surface area (Å²) in [6.07, 6.45) is 0.315. The van der Waals surface area contributed by atoms with Crippen LogP contribution in [0.25, 0.3) is 0 Å². The number of aliphatic hydroxyl groups excluding tert-OH is 1. The fourth-order valence-electron chi connectivity index (χ4n) is 1.85. The summed E-state index contributed by atoms with van der Waals surface area (Å²) in [5.74, 6) is 1.62. The Morgan fingerprint density at radius 2 is 1.84 bits per heavy atom. The molecule has 0 aromatic heterocycles. The summed E-state index contributed by atoms with van der Waals surface area (Å²) < 4.78 is 6.87. The van der Waals surface area contributed by atoms with Crippen molar-refractivity contribution in [2.45, 2.75) is 26.4 Å². The molecule has 0 radical (unpaired) electrons. The van der Waals surface area contributed by atoms with E-state index in [0.29, 0.717) is 6.42 Å². The molecule has 0 fully saturated rings. The van der Waals surface area contributed by atoms with Gasteiger partial charge in [0.25, 0.3) is 0 Å². The van der Waals surface area contributed by atoms with E-state index in [1.165, 1.54) is 0 Å². The molecule has 0 amide bonds. The second-order valence-electron chi connectivity index (χ2n) is 4.50. The van der Waals surface area contributed by atoms with E-state index in [9.17, 15) is 5.11 Å². The number of rotatable bonds is 4. The molecule has 2 rings (SSSR count). The molecule has 0 aliphatic carbocycles. The van der Waals surface area contributed by atoms with E-state index < -0.39 is 6.10 Å². The van der Waals surface area contributed by atoms with E-state index in [1.54, 1.807) is 0 Å². The van der Waals surface area contributed by atoms with Crippen LogP contribution in [-0.4, -0.2) is 5.11 Å². The Morgan fingerprint density at radius 1 is 1.16 bits per heavy atom. The normalized spacial score (nSPS) is 12.2. The first kappa shape index (κ1) is 14.1. The first-order valence-corrected chi connectivity index (χ1v) is 7.11. The highest BCUT2D eigenvalue weighted by Gasteiger charge is 2.06. The minimum atomic E-state index is -0.400. The van der Waals surface area contributed by atoms with Crippen molar-refractivity contribution in [2.75, 3.05) is 0 Å². The molecular weight excluding hydrogens is 304 g/mol. The molecule has 1 N–H and O–H groups in total. The van der Waals surface area contributed by atoms with Gasteiger partial charge in [-0.1, -0.05) is 35.0 Å². The summed E-state index contributed by atoms with van der Waals surface area (Å²) in [6, 6.07) is 13.5. The number of ether oxygens (including phenoxy) is 1. The van der Waals surface area contributed by atoms with Crippen molar-refractivity contribution in [1.82, 2.24) is 0 Å². The number of aliphatic hydroxyl groups is 1. The molecule has 19 heavy (non-hydrogen) atoms. The largest absolute Gasteiger partial charge is 0.457 e. The smallest absolute Gasteiger partial charge is 0.130 e. The van der Waals surface area contributed by atoms with Gasteiger partial charge >= 0.3 is 0 Å². The number of benzene rings is 2. The number of hydrogen-bond acceptors (Lipinski definition) is 2. The maximum atomic E-state index is 9.74. The van der Waals surface area contributed by atoms with Crippen molar-refractivity contribution in [3.63, 3.8) is 0 Å². The summed E-state index contributed by atoms with van der Waals surface area (Å²) in [5, 5.41) is 9.74. The van der Waals surface area contributed by atoms with Crippen molar-refractivity contribution in [3.8, 4) is 11.5 Å². The van der Waals surface area contributed by atoms with Gasteiger partial charge in [0.1, 0.15) is 11.5 Å². The average Bonchev–Trinajstić information content (AvgIpc) is 2.42. The quantitative estimate of drug-likeness (QED) is 0.859. The molecule has 2 aromatic carbocycles. The van der Waals surface area contributed by atoms with Crippen LogP contribution in [0.1, 0.15) is 30.6 Å². The summed E-state index contributed by atoms with van der Waals surface area (Å²) in [6.45, 7) is 3.97. The lowest BCUT2D eigenvalue weighted by Gasteiger charge is -2.11. The van der Waals surface area contributed by atoms with Crippen LogP contribution in [0.4, 0.5) is 0 Å². The van der Waals surface area contributed by atoms with Gasteiger partial charge in [-0.25, -0.2) is 0 Å². The fraction of sp³-hybridized carbons (Fsp3) is 0.250. The first-order chi connectivity index (χ1) is 9.10. The zero-order chi connectivity index (χ0) is 13.8. The molecule has 0 aliphatic heterocycles. The van der Waals surface area contributed by atoms with E-state index in [1.807, 2.05) is 56.3 Å². The lowest BCUT2D eigenvalue weighted by atomic mass is 10.1. The van der Waals surface area contributed by atoms with E-state index >= 15 is 0 Å². The van der Waals surface area contributed by atoms with Gasteiger partial charge in [-0.05, 0) is 54.8 Å². The summed E-state index contributed by atoms with van der Waals surface area (Å²) in [7, 11) is 0. The third-order valence-corrected chi connectivity index (χ3v) is 3.51. The number of halogens is 1. The van der Waals surface area contributed by atoms with Gasteiger partial charge in [-0.15, -0.1) is 0 Å². The predicted octanol–water partition coefficient (Wildman–Crippen LogP) is 4.99. The molecule has 0 aliphatic rings. The molecule has 0 heterocycles. The molecule has 3 heteroatoms. The molecule has 0 bridgehead atoms. The molecule has 0 saturated heterocycles. The van der Waals surface area contributed by atoms with Crippen LogP contribution >= 0.6 is 15.9 Å². The fourth-order valence-corrected chi connectivity index (χ4v) is 2.32. The van der Waals surface area contributed by atoms with Crippen LogP contribution in [0.5, 0.6) is 11.5 Å². The number of hydrogen-bond donors (Lipinski definition) is 1. The van der Waals surface area contributed by atoms with Crippen LogP contribution in [0, 0.1) is 6.92 Å². The summed E-state index contributed by atoms with van der Waals surface area (Å²) in [5.41, 5.74) is 1.99. The lowest BCUT2D eigenvalue weighted by molar-refractivity contribution is 0.173. The summed E-state index contributed by atoms with van der Waals surface area (Å²) in [4.78, 5) is 0. The molecule has 100 valence electrons. The van der Waals surface area contributed by atoms with Crippen LogP contribution in [-0.2, 0) is 0 Å². The topological polar surface area (TPSA) is 29.5 Å². The second kappa shape index (κ2) is 6.22. The Balaban J connectivity index is 2.15. The Morgan fingerprint density at radius 3 is 2.42 bits per heavy atom. The van der Waals surface area contributed by atoms with E-state index in [4.69, 9.17) is 4.74 Å². The van der Waals surface area contributed by atoms with Gasteiger partial charge in [-0.2, -0.15) is 0 Å². The van der Waals surface area contributed by atoms with Gasteiger partial charge in [0, 0.05) is 4.47 Å². The highest BCUT2D eigenvalue weighted by atomic mass is 79.9. The molecule has 1 atom stereocenters. The first-order valence-electron chi connectivity index (χ1n) is 6.32. The Hall–Kier alpha value is -1.32. The summed E-state index contributed by atoms with van der Waals surface area (Å²) >= 11 is 3.43. The third-order valence-electron chi connectivity index (χ3n) is 3.02. The molecule has 2 nitrogen and oxygen atoms in total. The van der Waals surface area contributed by atoms with Gasteiger partial charge in [0.2, 0.25) is 0 Å². The predicted molar refractivity (Wildman–Crippen MR) is 80.6 cm³/mol. The maximum Gasteiger partial charge on any atom is 0.130 e. The van der Waals surface area contributed by atoms with Crippen molar-refractivity contribution in [3.05, 3.63) is 58.1 Å². The van der Waals surface area contributed by atoms with Gasteiger partial charge in [-0.3, -0.25) is 0 Å². The standard InChI is InChI=1S/C16H17BrO2/c1-3-15(18)12-4-7-14(8-5-12)19-16-9-6-13(17)10-11(16)2/h4-10,15,18H,3H2,1-2H3/t15-/m0/s1. The molecule has 2 aromatic rings. The van der Waals surface area contributed by atoms with E-state index in [2.05, 4.69) is 15.9 Å². The van der Waals surface area contributed by atoms with Gasteiger partial charge in [0.15, 0.2) is 0 Å². The zero-order valence-corrected chi connectivity index (χ0v) is 12.6. The van der Waals surface area contributed by atoms with Crippen molar-refractivity contribution < 1.29 is 9.84 Å². The Labute approximate surface area is 122 Å². The van der Waals surface area contributed by atoms with Crippen molar-refractivity contribution in [1.29, 1.82) is 0 Å². The second-order valence-corrected chi connectivity index (χ2v) is 5.42. The van der Waals surface area contributed by atoms with Gasteiger partial charge < -0.3 is 9.84 Å². The molecule has 0 saturated carbocycles. The zero-order valence-electron chi connectivity index (χ0n) is 11.1. The number of aryl methyl sites for hydroxylation is 1. The Kier molecular flexibility index (Phi) is 4.61. The monoisotopic (exact) mass is 320 g/mol. The van der Waals surface area contributed by atoms with Gasteiger partial charge in [0.05, 0.1) is 6.10 Å². The van der Waals surface area contributed by atoms with E-state index in [0.717, 1.165) is 27.1 Å². The average molecular weight is 321 g/mol. The Bertz CT molecular complexity index is 549. The van der Waals surface area contributed by atoms with Crippen molar-refractivity contribution in [2.24, 2.45) is 0 Å². The third kappa shape index (κ3) is 3.58. The minimum Gasteiger partial charge on any atom is -0.457 e. The van der Waals surface area contributed by atoms with Crippen molar-refractivity contribution >= 4 is 15.9 Å². The highest BCUT2D eigenvalue weighted by molar-refractivity contribution is 9.10. The molecular formula is C16H17BrO2. The van der Waals surface area contributed by atoms with Crippen LogP contribution in [0.15, 0.2) is 46.9 Å². The van der Waals surface area contributed by atoms with E-state index in [-0.39, 0.29) is 0 Å². The molecule has 0 spiro atoms. The maximum absolute atomic E-state index is 9.74.